The van der Waals surface area contributed by atoms with Crippen LogP contribution in [-0.4, -0.2) is 16.6 Å². The molecule has 0 heterocycles. The SMILES string of the molecule is N=C(SCC(N)=NN)C1CCCC1. The molecule has 1 saturated carbocycles. The van der Waals surface area contributed by atoms with Crippen molar-refractivity contribution in [2.45, 2.75) is 25.7 Å². The number of hydrogen-bond acceptors (Lipinski definition) is 4. The number of hydrogen-bond donors (Lipinski definition) is 3. The molecular formula is C8H16N4S. The summed E-state index contributed by atoms with van der Waals surface area (Å²) in [6.07, 6.45) is 4.83. The van der Waals surface area contributed by atoms with E-state index in [-0.39, 0.29) is 0 Å². The Bertz CT molecular complexity index is 208. The number of nitrogens with zero attached hydrogens (tertiary/aromatic N) is 1. The van der Waals surface area contributed by atoms with Gasteiger partial charge in [-0.2, -0.15) is 5.10 Å². The predicted octanol–water partition coefficient (Wildman–Crippen LogP) is 1.12. The average molecular weight is 200 g/mol. The molecule has 1 rings (SSSR count). The Balaban J connectivity index is 2.24. The first kappa shape index (κ1) is 10.4. The normalized spacial score (nSPS) is 19.2. The summed E-state index contributed by atoms with van der Waals surface area (Å²) in [5.41, 5.74) is 5.43. The summed E-state index contributed by atoms with van der Waals surface area (Å²) in [6, 6.07) is 0. The Morgan fingerprint density at radius 1 is 1.46 bits per heavy atom. The van der Waals surface area contributed by atoms with Gasteiger partial charge in [0.25, 0.3) is 0 Å². The maximum Gasteiger partial charge on any atom is 0.129 e. The molecular weight excluding hydrogens is 184 g/mol. The minimum atomic E-state index is 0.410. The van der Waals surface area contributed by atoms with Gasteiger partial charge >= 0.3 is 0 Å². The summed E-state index contributed by atoms with van der Waals surface area (Å²) in [5.74, 6) is 6.42. The molecule has 0 unspecified atom stereocenters. The lowest BCUT2D eigenvalue weighted by molar-refractivity contribution is 0.736. The van der Waals surface area contributed by atoms with Crippen molar-refractivity contribution in [3.63, 3.8) is 0 Å². The van der Waals surface area contributed by atoms with Gasteiger partial charge in [-0.15, -0.1) is 11.8 Å². The van der Waals surface area contributed by atoms with E-state index in [1.54, 1.807) is 0 Å². The third kappa shape index (κ3) is 3.26. The molecule has 0 aliphatic heterocycles. The second-order valence-corrected chi connectivity index (χ2v) is 4.27. The number of hydrazone groups is 1. The zero-order valence-corrected chi connectivity index (χ0v) is 8.44. The third-order valence-corrected chi connectivity index (χ3v) is 3.35. The van der Waals surface area contributed by atoms with Crippen molar-refractivity contribution in [2.75, 3.05) is 5.75 Å². The highest BCUT2D eigenvalue weighted by molar-refractivity contribution is 8.14. The molecule has 0 saturated heterocycles. The molecule has 0 aromatic rings. The van der Waals surface area contributed by atoms with Gasteiger partial charge in [-0.3, -0.25) is 5.41 Å². The van der Waals surface area contributed by atoms with Gasteiger partial charge in [0.15, 0.2) is 0 Å². The maximum absolute atomic E-state index is 7.77. The fourth-order valence-corrected chi connectivity index (χ4v) is 2.34. The smallest absolute Gasteiger partial charge is 0.129 e. The molecule has 74 valence electrons. The molecule has 1 fully saturated rings. The Labute approximate surface area is 82.6 Å². The van der Waals surface area contributed by atoms with Crippen LogP contribution in [0, 0.1) is 11.3 Å². The van der Waals surface area contributed by atoms with E-state index in [9.17, 15) is 0 Å². The Morgan fingerprint density at radius 2 is 2.08 bits per heavy atom. The van der Waals surface area contributed by atoms with Crippen molar-refractivity contribution in [3.8, 4) is 0 Å². The van der Waals surface area contributed by atoms with Crippen LogP contribution in [0.1, 0.15) is 25.7 Å². The topological polar surface area (TPSA) is 88.2 Å². The van der Waals surface area contributed by atoms with E-state index in [1.807, 2.05) is 0 Å². The van der Waals surface area contributed by atoms with Crippen molar-refractivity contribution in [2.24, 2.45) is 22.6 Å². The van der Waals surface area contributed by atoms with Gasteiger partial charge in [-0.05, 0) is 12.8 Å². The summed E-state index contributed by atoms with van der Waals surface area (Å²) in [6.45, 7) is 0. The number of amidine groups is 1. The molecule has 0 spiro atoms. The van der Waals surface area contributed by atoms with Crippen LogP contribution in [0.4, 0.5) is 0 Å². The van der Waals surface area contributed by atoms with E-state index < -0.39 is 0 Å². The Kier molecular flexibility index (Phi) is 4.08. The van der Waals surface area contributed by atoms with Crippen LogP contribution in [0.3, 0.4) is 0 Å². The molecule has 0 bridgehead atoms. The molecule has 0 radical (unpaired) electrons. The van der Waals surface area contributed by atoms with Crippen LogP contribution in [0.5, 0.6) is 0 Å². The maximum atomic E-state index is 7.77. The quantitative estimate of drug-likeness (QED) is 0.276. The van der Waals surface area contributed by atoms with Crippen molar-refractivity contribution < 1.29 is 0 Å². The van der Waals surface area contributed by atoms with Crippen molar-refractivity contribution in [1.82, 2.24) is 0 Å². The van der Waals surface area contributed by atoms with Gasteiger partial charge in [0.05, 0.1) is 10.8 Å². The first-order valence-corrected chi connectivity index (χ1v) is 5.46. The fraction of sp³-hybridized carbons (Fsp3) is 0.750. The van der Waals surface area contributed by atoms with E-state index in [1.165, 1.54) is 24.6 Å². The highest BCUT2D eigenvalue weighted by atomic mass is 32.2. The predicted molar refractivity (Wildman–Crippen MR) is 58.0 cm³/mol. The molecule has 1 aliphatic carbocycles. The zero-order valence-electron chi connectivity index (χ0n) is 7.62. The summed E-state index contributed by atoms with van der Waals surface area (Å²) >= 11 is 1.45. The Morgan fingerprint density at radius 3 is 2.62 bits per heavy atom. The highest BCUT2D eigenvalue weighted by Crippen LogP contribution is 2.29. The van der Waals surface area contributed by atoms with Crippen LogP contribution in [0.25, 0.3) is 0 Å². The molecule has 5 heteroatoms. The van der Waals surface area contributed by atoms with Gasteiger partial charge in [0, 0.05) is 5.92 Å². The van der Waals surface area contributed by atoms with E-state index >= 15 is 0 Å². The van der Waals surface area contributed by atoms with Crippen LogP contribution in [0.15, 0.2) is 5.10 Å². The van der Waals surface area contributed by atoms with Crippen LogP contribution in [0.2, 0.25) is 0 Å². The molecule has 0 aromatic heterocycles. The minimum Gasteiger partial charge on any atom is -0.385 e. The molecule has 4 nitrogen and oxygen atoms in total. The van der Waals surface area contributed by atoms with Crippen molar-refractivity contribution in [3.05, 3.63) is 0 Å². The first-order chi connectivity index (χ1) is 6.24. The van der Waals surface area contributed by atoms with Crippen LogP contribution < -0.4 is 11.6 Å². The Hall–Kier alpha value is -0.710. The number of thioether (sulfide) groups is 1. The van der Waals surface area contributed by atoms with Gasteiger partial charge in [0.1, 0.15) is 5.84 Å². The average Bonchev–Trinajstić information content (AvgIpc) is 2.66. The molecule has 0 aromatic carbocycles. The summed E-state index contributed by atoms with van der Waals surface area (Å²) in [4.78, 5) is 0. The third-order valence-electron chi connectivity index (χ3n) is 2.27. The van der Waals surface area contributed by atoms with E-state index in [2.05, 4.69) is 5.10 Å². The minimum absolute atomic E-state index is 0.410. The largest absolute Gasteiger partial charge is 0.385 e. The standard InChI is InChI=1S/C8H16N4S/c9-7(12-11)5-13-8(10)6-3-1-2-4-6/h6,10H,1-5,11H2,(H2,9,12). The summed E-state index contributed by atoms with van der Waals surface area (Å²) in [7, 11) is 0. The number of rotatable bonds is 3. The summed E-state index contributed by atoms with van der Waals surface area (Å²) in [5, 5.41) is 11.9. The van der Waals surface area contributed by atoms with Gasteiger partial charge in [-0.1, -0.05) is 12.8 Å². The number of nitrogens with one attached hydrogen (secondary N) is 1. The van der Waals surface area contributed by atoms with Gasteiger partial charge < -0.3 is 11.6 Å². The van der Waals surface area contributed by atoms with Gasteiger partial charge in [0.2, 0.25) is 0 Å². The lowest BCUT2D eigenvalue weighted by Crippen LogP contribution is -2.19. The van der Waals surface area contributed by atoms with Crippen LogP contribution in [-0.2, 0) is 0 Å². The van der Waals surface area contributed by atoms with Crippen molar-refractivity contribution >= 4 is 22.6 Å². The van der Waals surface area contributed by atoms with Crippen LogP contribution >= 0.6 is 11.8 Å². The molecule has 5 N–H and O–H groups in total. The zero-order chi connectivity index (χ0) is 9.68. The monoisotopic (exact) mass is 200 g/mol. The second kappa shape index (κ2) is 5.11. The molecule has 13 heavy (non-hydrogen) atoms. The first-order valence-electron chi connectivity index (χ1n) is 4.47. The molecule has 1 aliphatic rings. The molecule has 0 atom stereocenters. The fourth-order valence-electron chi connectivity index (χ4n) is 1.49. The lowest BCUT2D eigenvalue weighted by Gasteiger charge is -2.09. The van der Waals surface area contributed by atoms with Gasteiger partial charge in [-0.25, -0.2) is 0 Å². The van der Waals surface area contributed by atoms with E-state index in [0.29, 0.717) is 17.5 Å². The highest BCUT2D eigenvalue weighted by Gasteiger charge is 2.19. The number of nitrogens with two attached hydrogens (primary N) is 2. The van der Waals surface area contributed by atoms with Crippen molar-refractivity contribution in [1.29, 1.82) is 5.41 Å². The molecule has 0 amide bonds. The second-order valence-electron chi connectivity index (χ2n) is 3.25. The van der Waals surface area contributed by atoms with E-state index in [0.717, 1.165) is 17.9 Å². The summed E-state index contributed by atoms with van der Waals surface area (Å²) < 4.78 is 0. The van der Waals surface area contributed by atoms with E-state index in [4.69, 9.17) is 17.0 Å². The lowest BCUT2D eigenvalue weighted by atomic mass is 10.1.